The maximum Gasteiger partial charge on any atom is 0.312 e. The highest BCUT2D eigenvalue weighted by molar-refractivity contribution is 6.32. The molecule has 19 heavy (non-hydrogen) atoms. The van der Waals surface area contributed by atoms with Crippen molar-refractivity contribution >= 4 is 17.3 Å². The van der Waals surface area contributed by atoms with Gasteiger partial charge in [-0.15, -0.1) is 0 Å². The Bertz CT molecular complexity index is 448. The third-order valence-corrected chi connectivity index (χ3v) is 3.57. The summed E-state index contributed by atoms with van der Waals surface area (Å²) in [5.74, 6) is 0.171. The Morgan fingerprint density at radius 1 is 1.47 bits per heavy atom. The van der Waals surface area contributed by atoms with Gasteiger partial charge in [0.05, 0.1) is 16.6 Å². The van der Waals surface area contributed by atoms with E-state index in [0.717, 1.165) is 19.4 Å². The minimum absolute atomic E-state index is 0.0795. The number of benzene rings is 1. The van der Waals surface area contributed by atoms with Gasteiger partial charge in [-0.2, -0.15) is 0 Å². The first-order valence-corrected chi connectivity index (χ1v) is 6.85. The summed E-state index contributed by atoms with van der Waals surface area (Å²) in [6.07, 6.45) is 4.41. The van der Waals surface area contributed by atoms with E-state index < -0.39 is 4.92 Å². The second-order valence-electron chi connectivity index (χ2n) is 4.63. The van der Waals surface area contributed by atoms with E-state index >= 15 is 0 Å². The van der Waals surface area contributed by atoms with Crippen LogP contribution in [0.3, 0.4) is 0 Å². The molecule has 6 heteroatoms. The number of nitro groups is 1. The monoisotopic (exact) mass is 284 g/mol. The van der Waals surface area contributed by atoms with E-state index in [1.54, 1.807) is 12.1 Å². The van der Waals surface area contributed by atoms with Crippen molar-refractivity contribution < 1.29 is 9.66 Å². The molecule has 5 nitrogen and oxygen atoms in total. The molecule has 0 aliphatic carbocycles. The average molecular weight is 285 g/mol. The van der Waals surface area contributed by atoms with Crippen molar-refractivity contribution in [2.24, 2.45) is 0 Å². The molecular weight excluding hydrogens is 268 g/mol. The van der Waals surface area contributed by atoms with Crippen molar-refractivity contribution in [3.63, 3.8) is 0 Å². The Balaban J connectivity index is 1.93. The first kappa shape index (κ1) is 14.1. The number of rotatable bonds is 5. The zero-order chi connectivity index (χ0) is 13.7. The number of nitrogens with one attached hydrogen (secondary N) is 1. The molecule has 0 saturated carbocycles. The van der Waals surface area contributed by atoms with Crippen LogP contribution in [0.2, 0.25) is 5.02 Å². The third kappa shape index (κ3) is 3.81. The van der Waals surface area contributed by atoms with Crippen LogP contribution in [0.5, 0.6) is 5.75 Å². The molecule has 104 valence electrons. The number of para-hydroxylation sites is 1. The highest BCUT2D eigenvalue weighted by Gasteiger charge is 2.19. The molecule has 1 fully saturated rings. The zero-order valence-electron chi connectivity index (χ0n) is 10.6. The lowest BCUT2D eigenvalue weighted by atomic mass is 10.0. The molecule has 0 aromatic heterocycles. The van der Waals surface area contributed by atoms with Gasteiger partial charge in [-0.3, -0.25) is 10.1 Å². The van der Waals surface area contributed by atoms with Crippen LogP contribution in [0.4, 0.5) is 5.69 Å². The topological polar surface area (TPSA) is 64.4 Å². The largest absolute Gasteiger partial charge is 0.486 e. The number of hydrogen-bond donors (Lipinski definition) is 1. The molecule has 0 spiro atoms. The summed E-state index contributed by atoms with van der Waals surface area (Å²) in [7, 11) is 0. The van der Waals surface area contributed by atoms with Crippen molar-refractivity contribution in [2.75, 3.05) is 13.2 Å². The van der Waals surface area contributed by atoms with Crippen LogP contribution in [0, 0.1) is 10.1 Å². The van der Waals surface area contributed by atoms with Crippen LogP contribution in [0.15, 0.2) is 18.2 Å². The predicted molar refractivity (Wildman–Crippen MR) is 73.9 cm³/mol. The maximum atomic E-state index is 10.9. The molecule has 0 amide bonds. The Morgan fingerprint density at radius 2 is 2.32 bits per heavy atom. The molecule has 1 saturated heterocycles. The van der Waals surface area contributed by atoms with E-state index in [-0.39, 0.29) is 16.5 Å². The average Bonchev–Trinajstić information content (AvgIpc) is 2.41. The molecule has 1 heterocycles. The quantitative estimate of drug-likeness (QED) is 0.666. The van der Waals surface area contributed by atoms with Gasteiger partial charge >= 0.3 is 5.69 Å². The summed E-state index contributed by atoms with van der Waals surface area (Å²) in [6.45, 7) is 1.47. The number of ether oxygens (including phenoxy) is 1. The Morgan fingerprint density at radius 3 is 3.00 bits per heavy atom. The Kier molecular flexibility index (Phi) is 4.99. The van der Waals surface area contributed by atoms with Gasteiger partial charge in [-0.25, -0.2) is 0 Å². The fraction of sp³-hybridized carbons (Fsp3) is 0.538. The fourth-order valence-electron chi connectivity index (χ4n) is 2.26. The molecule has 2 rings (SSSR count). The molecule has 1 aromatic rings. The summed E-state index contributed by atoms with van der Waals surface area (Å²) in [5.41, 5.74) is -0.0795. The van der Waals surface area contributed by atoms with Gasteiger partial charge in [0.1, 0.15) is 0 Å². The van der Waals surface area contributed by atoms with E-state index in [4.69, 9.17) is 16.3 Å². The highest BCUT2D eigenvalue weighted by Crippen LogP contribution is 2.34. The van der Waals surface area contributed by atoms with Crippen molar-refractivity contribution in [2.45, 2.75) is 31.7 Å². The minimum atomic E-state index is -0.472. The normalized spacial score (nSPS) is 19.1. The van der Waals surface area contributed by atoms with Gasteiger partial charge in [0, 0.05) is 12.1 Å². The molecule has 1 atom stereocenters. The summed E-state index contributed by atoms with van der Waals surface area (Å²) in [6, 6.07) is 4.99. The highest BCUT2D eigenvalue weighted by atomic mass is 35.5. The lowest BCUT2D eigenvalue weighted by Gasteiger charge is -2.23. The second kappa shape index (κ2) is 6.73. The van der Waals surface area contributed by atoms with Crippen molar-refractivity contribution in [3.05, 3.63) is 33.3 Å². The second-order valence-corrected chi connectivity index (χ2v) is 5.04. The Hall–Kier alpha value is -1.33. The smallest absolute Gasteiger partial charge is 0.312 e. The van der Waals surface area contributed by atoms with E-state index in [2.05, 4.69) is 5.32 Å². The minimum Gasteiger partial charge on any atom is -0.486 e. The number of nitrogens with zero attached hydrogens (tertiary/aromatic N) is 1. The van der Waals surface area contributed by atoms with Crippen LogP contribution in [-0.2, 0) is 0 Å². The van der Waals surface area contributed by atoms with Gasteiger partial charge in [-0.1, -0.05) is 24.1 Å². The maximum absolute atomic E-state index is 10.9. The van der Waals surface area contributed by atoms with Crippen LogP contribution in [0.1, 0.15) is 25.7 Å². The summed E-state index contributed by atoms with van der Waals surface area (Å²) < 4.78 is 5.52. The van der Waals surface area contributed by atoms with E-state index in [9.17, 15) is 10.1 Å². The van der Waals surface area contributed by atoms with Crippen molar-refractivity contribution in [3.8, 4) is 5.75 Å². The number of nitro benzene ring substituents is 1. The van der Waals surface area contributed by atoms with Crippen LogP contribution < -0.4 is 10.1 Å². The van der Waals surface area contributed by atoms with E-state index in [1.807, 2.05) is 0 Å². The fourth-order valence-corrected chi connectivity index (χ4v) is 2.48. The summed E-state index contributed by atoms with van der Waals surface area (Å²) in [4.78, 5) is 10.4. The Labute approximate surface area is 117 Å². The SMILES string of the molecule is O=[N+]([O-])c1cccc(Cl)c1OCCC1CCCCN1. The zero-order valence-corrected chi connectivity index (χ0v) is 11.4. The van der Waals surface area contributed by atoms with Crippen molar-refractivity contribution in [1.29, 1.82) is 0 Å². The summed E-state index contributed by atoms with van der Waals surface area (Å²) >= 11 is 5.95. The molecule has 1 aliphatic heterocycles. The van der Waals surface area contributed by atoms with E-state index in [1.165, 1.54) is 18.9 Å². The number of hydrogen-bond acceptors (Lipinski definition) is 4. The summed E-state index contributed by atoms with van der Waals surface area (Å²) in [5, 5.41) is 14.6. The predicted octanol–water partition coefficient (Wildman–Crippen LogP) is 3.16. The molecule has 1 aromatic carbocycles. The van der Waals surface area contributed by atoms with Gasteiger partial charge < -0.3 is 10.1 Å². The molecule has 1 N–H and O–H groups in total. The van der Waals surface area contributed by atoms with Crippen molar-refractivity contribution in [1.82, 2.24) is 5.32 Å². The van der Waals surface area contributed by atoms with E-state index in [0.29, 0.717) is 12.6 Å². The van der Waals surface area contributed by atoms with Crippen LogP contribution >= 0.6 is 11.6 Å². The first-order valence-electron chi connectivity index (χ1n) is 6.47. The van der Waals surface area contributed by atoms with Crippen LogP contribution in [0.25, 0.3) is 0 Å². The van der Waals surface area contributed by atoms with Gasteiger partial charge in [-0.05, 0) is 31.9 Å². The number of halogens is 1. The lowest BCUT2D eigenvalue weighted by molar-refractivity contribution is -0.385. The standard InChI is InChI=1S/C13H17ClN2O3/c14-11-5-3-6-12(16(17)18)13(11)19-9-7-10-4-1-2-8-15-10/h3,5-6,10,15H,1-2,4,7-9H2. The van der Waals surface area contributed by atoms with Gasteiger partial charge in [0.25, 0.3) is 0 Å². The van der Waals surface area contributed by atoms with Gasteiger partial charge in [0.2, 0.25) is 5.75 Å². The molecule has 1 unspecified atom stereocenters. The van der Waals surface area contributed by atoms with Crippen LogP contribution in [-0.4, -0.2) is 24.1 Å². The third-order valence-electron chi connectivity index (χ3n) is 3.27. The number of piperidine rings is 1. The molecule has 0 radical (unpaired) electrons. The lowest BCUT2D eigenvalue weighted by Crippen LogP contribution is -2.35. The molecular formula is C13H17ClN2O3. The molecule has 1 aliphatic rings. The molecule has 0 bridgehead atoms. The first-order chi connectivity index (χ1) is 9.18. The van der Waals surface area contributed by atoms with Gasteiger partial charge in [0.15, 0.2) is 0 Å².